The standard InChI is InChI=1S/C17H17NO4S/c1-12-3-5-15(21-2)14(9-12)18-16(19)10-22-17(20)6-4-13-7-8-23-11-13/h3-9,11H,10H2,1-2H3,(H,18,19)/b6-4+. The molecule has 1 aromatic carbocycles. The van der Waals surface area contributed by atoms with E-state index in [1.165, 1.54) is 24.5 Å². The Bertz CT molecular complexity index is 707. The van der Waals surface area contributed by atoms with Gasteiger partial charge in [0.1, 0.15) is 5.75 Å². The highest BCUT2D eigenvalue weighted by molar-refractivity contribution is 7.08. The first kappa shape index (κ1) is 16.8. The molecule has 2 aromatic rings. The summed E-state index contributed by atoms with van der Waals surface area (Å²) in [7, 11) is 1.52. The van der Waals surface area contributed by atoms with Crippen LogP contribution in [0.1, 0.15) is 11.1 Å². The molecule has 5 nitrogen and oxygen atoms in total. The Morgan fingerprint density at radius 3 is 2.83 bits per heavy atom. The van der Waals surface area contributed by atoms with Crippen molar-refractivity contribution in [2.75, 3.05) is 19.0 Å². The van der Waals surface area contributed by atoms with Crippen molar-refractivity contribution in [3.63, 3.8) is 0 Å². The second-order valence-electron chi connectivity index (χ2n) is 4.75. The van der Waals surface area contributed by atoms with Crippen LogP contribution < -0.4 is 10.1 Å². The van der Waals surface area contributed by atoms with Crippen LogP contribution in [0.25, 0.3) is 6.08 Å². The van der Waals surface area contributed by atoms with Crippen LogP contribution >= 0.6 is 11.3 Å². The van der Waals surface area contributed by atoms with Crippen molar-refractivity contribution in [2.24, 2.45) is 0 Å². The van der Waals surface area contributed by atoms with Gasteiger partial charge < -0.3 is 14.8 Å². The molecule has 1 amide bonds. The number of aryl methyl sites for hydroxylation is 1. The Kier molecular flexibility index (Phi) is 5.94. The average Bonchev–Trinajstić information content (AvgIpc) is 3.04. The van der Waals surface area contributed by atoms with Crippen molar-refractivity contribution >= 4 is 35.0 Å². The first-order chi connectivity index (χ1) is 11.1. The van der Waals surface area contributed by atoms with Crippen molar-refractivity contribution < 1.29 is 19.1 Å². The van der Waals surface area contributed by atoms with E-state index in [0.29, 0.717) is 11.4 Å². The molecule has 120 valence electrons. The monoisotopic (exact) mass is 331 g/mol. The van der Waals surface area contributed by atoms with Crippen LogP contribution in [-0.4, -0.2) is 25.6 Å². The van der Waals surface area contributed by atoms with Crippen LogP contribution in [0.15, 0.2) is 41.1 Å². The van der Waals surface area contributed by atoms with E-state index in [0.717, 1.165) is 11.1 Å². The summed E-state index contributed by atoms with van der Waals surface area (Å²) in [6, 6.07) is 7.31. The van der Waals surface area contributed by atoms with E-state index in [1.54, 1.807) is 18.2 Å². The first-order valence-corrected chi connectivity index (χ1v) is 7.84. The molecule has 0 saturated heterocycles. The zero-order valence-corrected chi connectivity index (χ0v) is 13.7. The molecule has 23 heavy (non-hydrogen) atoms. The molecule has 0 aliphatic rings. The van der Waals surface area contributed by atoms with Gasteiger partial charge in [-0.15, -0.1) is 0 Å². The lowest BCUT2D eigenvalue weighted by molar-refractivity contribution is -0.142. The molecular formula is C17H17NO4S. The largest absolute Gasteiger partial charge is 0.495 e. The number of carbonyl (C=O) groups is 2. The summed E-state index contributed by atoms with van der Waals surface area (Å²) in [5.74, 6) is -0.443. The lowest BCUT2D eigenvalue weighted by atomic mass is 10.2. The van der Waals surface area contributed by atoms with E-state index < -0.39 is 11.9 Å². The molecule has 2 rings (SSSR count). The van der Waals surface area contributed by atoms with Crippen molar-refractivity contribution in [3.8, 4) is 5.75 Å². The quantitative estimate of drug-likeness (QED) is 0.652. The third kappa shape index (κ3) is 5.27. The molecule has 6 heteroatoms. The van der Waals surface area contributed by atoms with Gasteiger partial charge in [-0.3, -0.25) is 4.79 Å². The van der Waals surface area contributed by atoms with E-state index in [9.17, 15) is 9.59 Å². The van der Waals surface area contributed by atoms with Gasteiger partial charge in [0.15, 0.2) is 6.61 Å². The van der Waals surface area contributed by atoms with Gasteiger partial charge in [0, 0.05) is 6.08 Å². The summed E-state index contributed by atoms with van der Waals surface area (Å²) in [5.41, 5.74) is 2.44. The highest BCUT2D eigenvalue weighted by Gasteiger charge is 2.09. The molecule has 1 aromatic heterocycles. The lowest BCUT2D eigenvalue weighted by Gasteiger charge is -2.10. The number of rotatable bonds is 6. The molecule has 0 spiro atoms. The van der Waals surface area contributed by atoms with E-state index in [-0.39, 0.29) is 6.61 Å². The summed E-state index contributed by atoms with van der Waals surface area (Å²) in [6.07, 6.45) is 2.93. The molecule has 0 aliphatic carbocycles. The number of hydrogen-bond acceptors (Lipinski definition) is 5. The van der Waals surface area contributed by atoms with E-state index in [4.69, 9.17) is 9.47 Å². The van der Waals surface area contributed by atoms with Gasteiger partial charge in [-0.1, -0.05) is 6.07 Å². The topological polar surface area (TPSA) is 64.6 Å². The van der Waals surface area contributed by atoms with Gasteiger partial charge in [-0.25, -0.2) is 4.79 Å². The Morgan fingerprint density at radius 2 is 2.13 bits per heavy atom. The molecular weight excluding hydrogens is 314 g/mol. The highest BCUT2D eigenvalue weighted by Crippen LogP contribution is 2.24. The Balaban J connectivity index is 1.85. The second-order valence-corrected chi connectivity index (χ2v) is 5.53. The molecule has 0 radical (unpaired) electrons. The number of thiophene rings is 1. The highest BCUT2D eigenvalue weighted by atomic mass is 32.1. The molecule has 0 unspecified atom stereocenters. The van der Waals surface area contributed by atoms with Gasteiger partial charge in [0.25, 0.3) is 5.91 Å². The number of ether oxygens (including phenoxy) is 2. The third-order valence-electron chi connectivity index (χ3n) is 2.93. The first-order valence-electron chi connectivity index (χ1n) is 6.90. The Morgan fingerprint density at radius 1 is 1.30 bits per heavy atom. The normalized spacial score (nSPS) is 10.5. The summed E-state index contributed by atoms with van der Waals surface area (Å²) in [6.45, 7) is 1.55. The fraction of sp³-hybridized carbons (Fsp3) is 0.176. The minimum atomic E-state index is -0.567. The molecule has 0 saturated carbocycles. The number of anilines is 1. The zero-order valence-electron chi connectivity index (χ0n) is 12.9. The minimum absolute atomic E-state index is 0.357. The summed E-state index contributed by atoms with van der Waals surface area (Å²) >= 11 is 1.54. The number of esters is 1. The smallest absolute Gasteiger partial charge is 0.331 e. The lowest BCUT2D eigenvalue weighted by Crippen LogP contribution is -2.20. The minimum Gasteiger partial charge on any atom is -0.495 e. The third-order valence-corrected chi connectivity index (χ3v) is 3.63. The van der Waals surface area contributed by atoms with Gasteiger partial charge >= 0.3 is 5.97 Å². The van der Waals surface area contributed by atoms with Crippen LogP contribution in [0.4, 0.5) is 5.69 Å². The maximum Gasteiger partial charge on any atom is 0.331 e. The molecule has 0 atom stereocenters. The van der Waals surface area contributed by atoms with Crippen LogP contribution in [0.5, 0.6) is 5.75 Å². The Labute approximate surface area is 138 Å². The van der Waals surface area contributed by atoms with Crippen LogP contribution in [0, 0.1) is 6.92 Å². The zero-order chi connectivity index (χ0) is 16.7. The van der Waals surface area contributed by atoms with Crippen LogP contribution in [-0.2, 0) is 14.3 Å². The summed E-state index contributed by atoms with van der Waals surface area (Å²) < 4.78 is 10.1. The summed E-state index contributed by atoms with van der Waals surface area (Å²) in [4.78, 5) is 23.4. The number of amides is 1. The molecule has 1 heterocycles. The van der Waals surface area contributed by atoms with Crippen molar-refractivity contribution in [3.05, 3.63) is 52.2 Å². The number of benzene rings is 1. The Hall–Kier alpha value is -2.60. The fourth-order valence-electron chi connectivity index (χ4n) is 1.82. The van der Waals surface area contributed by atoms with Crippen LogP contribution in [0.2, 0.25) is 0 Å². The SMILES string of the molecule is COc1ccc(C)cc1NC(=O)COC(=O)/C=C/c1ccsc1. The second kappa shape index (κ2) is 8.14. The van der Waals surface area contributed by atoms with E-state index in [2.05, 4.69) is 5.32 Å². The van der Waals surface area contributed by atoms with Gasteiger partial charge in [0.05, 0.1) is 12.8 Å². The molecule has 0 aliphatic heterocycles. The molecule has 0 bridgehead atoms. The maximum absolute atomic E-state index is 11.9. The van der Waals surface area contributed by atoms with E-state index in [1.807, 2.05) is 29.8 Å². The van der Waals surface area contributed by atoms with Crippen molar-refractivity contribution in [1.29, 1.82) is 0 Å². The number of methoxy groups -OCH3 is 1. The van der Waals surface area contributed by atoms with Crippen molar-refractivity contribution in [1.82, 2.24) is 0 Å². The van der Waals surface area contributed by atoms with Crippen molar-refractivity contribution in [2.45, 2.75) is 6.92 Å². The van der Waals surface area contributed by atoms with Gasteiger partial charge in [0.2, 0.25) is 0 Å². The average molecular weight is 331 g/mol. The number of nitrogens with one attached hydrogen (secondary N) is 1. The van der Waals surface area contributed by atoms with E-state index >= 15 is 0 Å². The van der Waals surface area contributed by atoms with Crippen LogP contribution in [0.3, 0.4) is 0 Å². The summed E-state index contributed by atoms with van der Waals surface area (Å²) in [5, 5.41) is 6.48. The van der Waals surface area contributed by atoms with Gasteiger partial charge in [-0.05, 0) is 53.1 Å². The number of carbonyl (C=O) groups excluding carboxylic acids is 2. The predicted octanol–water partition coefficient (Wildman–Crippen LogP) is 3.26. The molecule has 1 N–H and O–H groups in total. The maximum atomic E-state index is 11.9. The number of hydrogen-bond donors (Lipinski definition) is 1. The fourth-order valence-corrected chi connectivity index (χ4v) is 2.45. The molecule has 0 fully saturated rings. The predicted molar refractivity (Wildman–Crippen MR) is 90.7 cm³/mol. The van der Waals surface area contributed by atoms with Gasteiger partial charge in [-0.2, -0.15) is 11.3 Å².